The molecule has 1 atom stereocenters. The van der Waals surface area contributed by atoms with Gasteiger partial charge >= 0.3 is 0 Å². The SMILES string of the molecule is CC#CCC(NCC)c1cn(C)nc1CC. The molecule has 0 amide bonds. The number of aryl methyl sites for hydroxylation is 2. The molecule has 1 heterocycles. The zero-order valence-corrected chi connectivity index (χ0v) is 10.7. The normalized spacial score (nSPS) is 12.0. The zero-order valence-electron chi connectivity index (χ0n) is 10.7. The number of aromatic nitrogens is 2. The van der Waals surface area contributed by atoms with Crippen molar-refractivity contribution in [1.29, 1.82) is 0 Å². The molecule has 1 rings (SSSR count). The van der Waals surface area contributed by atoms with Crippen LogP contribution in [-0.4, -0.2) is 16.3 Å². The summed E-state index contributed by atoms with van der Waals surface area (Å²) in [6.45, 7) is 7.09. The number of nitrogens with zero attached hydrogens (tertiary/aromatic N) is 2. The molecule has 0 radical (unpaired) electrons. The lowest BCUT2D eigenvalue weighted by Gasteiger charge is -2.14. The molecule has 1 unspecified atom stereocenters. The Morgan fingerprint density at radius 3 is 2.81 bits per heavy atom. The van der Waals surface area contributed by atoms with Gasteiger partial charge in [-0.1, -0.05) is 13.8 Å². The Kier molecular flexibility index (Phi) is 5.07. The van der Waals surface area contributed by atoms with Crippen molar-refractivity contribution < 1.29 is 0 Å². The number of hydrogen-bond donors (Lipinski definition) is 1. The van der Waals surface area contributed by atoms with E-state index >= 15 is 0 Å². The average molecular weight is 219 g/mol. The average Bonchev–Trinajstić information content (AvgIpc) is 2.65. The lowest BCUT2D eigenvalue weighted by molar-refractivity contribution is 0.560. The molecule has 1 aromatic rings. The fourth-order valence-electron chi connectivity index (χ4n) is 1.86. The predicted molar refractivity (Wildman–Crippen MR) is 67.1 cm³/mol. The monoisotopic (exact) mass is 219 g/mol. The number of hydrogen-bond acceptors (Lipinski definition) is 2. The summed E-state index contributed by atoms with van der Waals surface area (Å²) in [6, 6.07) is 0.307. The molecule has 1 N–H and O–H groups in total. The first-order valence-electron chi connectivity index (χ1n) is 5.88. The molecule has 0 aliphatic carbocycles. The molecule has 0 spiro atoms. The summed E-state index contributed by atoms with van der Waals surface area (Å²) in [5.74, 6) is 6.10. The fraction of sp³-hybridized carbons (Fsp3) is 0.615. The third kappa shape index (κ3) is 3.11. The van der Waals surface area contributed by atoms with Gasteiger partial charge in [-0.15, -0.1) is 11.8 Å². The molecule has 0 saturated heterocycles. The Bertz CT molecular complexity index is 382. The minimum Gasteiger partial charge on any atom is -0.309 e. The number of nitrogens with one attached hydrogen (secondary N) is 1. The van der Waals surface area contributed by atoms with Crippen molar-refractivity contribution in [3.05, 3.63) is 17.5 Å². The fourth-order valence-corrected chi connectivity index (χ4v) is 1.86. The molecule has 0 bridgehead atoms. The molecule has 16 heavy (non-hydrogen) atoms. The maximum Gasteiger partial charge on any atom is 0.0669 e. The first kappa shape index (κ1) is 12.8. The molecule has 0 aromatic carbocycles. The first-order valence-corrected chi connectivity index (χ1v) is 5.88. The van der Waals surface area contributed by atoms with Crippen LogP contribution >= 0.6 is 0 Å². The van der Waals surface area contributed by atoms with Gasteiger partial charge in [0.2, 0.25) is 0 Å². The maximum absolute atomic E-state index is 4.47. The molecule has 3 heteroatoms. The van der Waals surface area contributed by atoms with Gasteiger partial charge in [-0.25, -0.2) is 0 Å². The van der Waals surface area contributed by atoms with Gasteiger partial charge in [-0.05, 0) is 19.9 Å². The van der Waals surface area contributed by atoms with Crippen molar-refractivity contribution >= 4 is 0 Å². The molecule has 88 valence electrons. The van der Waals surface area contributed by atoms with Crippen LogP contribution in [0.3, 0.4) is 0 Å². The van der Waals surface area contributed by atoms with Crippen molar-refractivity contribution in [2.45, 2.75) is 39.7 Å². The van der Waals surface area contributed by atoms with Gasteiger partial charge in [0.05, 0.1) is 5.69 Å². The molecule has 0 aliphatic heterocycles. The van der Waals surface area contributed by atoms with Crippen LogP contribution < -0.4 is 5.32 Å². The van der Waals surface area contributed by atoms with Crippen LogP contribution in [0, 0.1) is 11.8 Å². The second-order valence-electron chi connectivity index (χ2n) is 3.80. The lowest BCUT2D eigenvalue weighted by Crippen LogP contribution is -2.21. The van der Waals surface area contributed by atoms with Crippen LogP contribution in [0.15, 0.2) is 6.20 Å². The van der Waals surface area contributed by atoms with E-state index in [2.05, 4.69) is 42.3 Å². The molecule has 1 aromatic heterocycles. The van der Waals surface area contributed by atoms with Crippen LogP contribution in [0.2, 0.25) is 0 Å². The molecular weight excluding hydrogens is 198 g/mol. The van der Waals surface area contributed by atoms with Crippen LogP contribution in [0.25, 0.3) is 0 Å². The van der Waals surface area contributed by atoms with Crippen molar-refractivity contribution in [3.63, 3.8) is 0 Å². The summed E-state index contributed by atoms with van der Waals surface area (Å²) in [5.41, 5.74) is 2.46. The summed E-state index contributed by atoms with van der Waals surface area (Å²) < 4.78 is 1.89. The van der Waals surface area contributed by atoms with Crippen molar-refractivity contribution in [2.24, 2.45) is 7.05 Å². The van der Waals surface area contributed by atoms with Gasteiger partial charge in [-0.3, -0.25) is 4.68 Å². The van der Waals surface area contributed by atoms with Crippen LogP contribution in [0.4, 0.5) is 0 Å². The standard InChI is InChI=1S/C13H21N3/c1-5-8-9-13(14-7-3)11-10-16(4)15-12(11)6-2/h10,13-14H,6-7,9H2,1-4H3. The summed E-state index contributed by atoms with van der Waals surface area (Å²) in [6.07, 6.45) is 3.92. The van der Waals surface area contributed by atoms with E-state index in [1.54, 1.807) is 0 Å². The zero-order chi connectivity index (χ0) is 12.0. The molecule has 0 aliphatic rings. The van der Waals surface area contributed by atoms with Gasteiger partial charge in [0.25, 0.3) is 0 Å². The van der Waals surface area contributed by atoms with E-state index in [-0.39, 0.29) is 0 Å². The lowest BCUT2D eigenvalue weighted by atomic mass is 10.0. The van der Waals surface area contributed by atoms with Crippen molar-refractivity contribution in [3.8, 4) is 11.8 Å². The Hall–Kier alpha value is -1.27. The molecule has 3 nitrogen and oxygen atoms in total. The van der Waals surface area contributed by atoms with E-state index in [1.807, 2.05) is 18.7 Å². The van der Waals surface area contributed by atoms with Gasteiger partial charge in [0, 0.05) is 31.3 Å². The molecule has 0 fully saturated rings. The summed E-state index contributed by atoms with van der Waals surface area (Å²) >= 11 is 0. The van der Waals surface area contributed by atoms with Crippen LogP contribution in [0.1, 0.15) is 44.5 Å². The highest BCUT2D eigenvalue weighted by molar-refractivity contribution is 5.23. The smallest absolute Gasteiger partial charge is 0.0669 e. The Labute approximate surface area is 98.2 Å². The van der Waals surface area contributed by atoms with E-state index < -0.39 is 0 Å². The third-order valence-electron chi connectivity index (χ3n) is 2.58. The molecule has 0 saturated carbocycles. The maximum atomic E-state index is 4.47. The highest BCUT2D eigenvalue weighted by Crippen LogP contribution is 2.20. The third-order valence-corrected chi connectivity index (χ3v) is 2.58. The number of rotatable bonds is 5. The Balaban J connectivity index is 2.92. The van der Waals surface area contributed by atoms with E-state index in [0.717, 1.165) is 19.4 Å². The largest absolute Gasteiger partial charge is 0.309 e. The van der Waals surface area contributed by atoms with Gasteiger partial charge in [-0.2, -0.15) is 5.10 Å². The summed E-state index contributed by atoms with van der Waals surface area (Å²) in [7, 11) is 1.97. The minimum atomic E-state index is 0.307. The van der Waals surface area contributed by atoms with E-state index in [9.17, 15) is 0 Å². The first-order chi connectivity index (χ1) is 7.72. The quantitative estimate of drug-likeness (QED) is 0.768. The highest BCUT2D eigenvalue weighted by Gasteiger charge is 2.15. The van der Waals surface area contributed by atoms with E-state index in [1.165, 1.54) is 11.3 Å². The minimum absolute atomic E-state index is 0.307. The summed E-state index contributed by atoms with van der Waals surface area (Å²) in [5, 5.41) is 7.93. The van der Waals surface area contributed by atoms with Crippen LogP contribution in [-0.2, 0) is 13.5 Å². The van der Waals surface area contributed by atoms with Crippen molar-refractivity contribution in [2.75, 3.05) is 6.54 Å². The van der Waals surface area contributed by atoms with Gasteiger partial charge < -0.3 is 5.32 Å². The second kappa shape index (κ2) is 6.34. The highest BCUT2D eigenvalue weighted by atomic mass is 15.3. The van der Waals surface area contributed by atoms with Crippen molar-refractivity contribution in [1.82, 2.24) is 15.1 Å². The Morgan fingerprint density at radius 1 is 1.50 bits per heavy atom. The van der Waals surface area contributed by atoms with Gasteiger partial charge in [0.1, 0.15) is 0 Å². The topological polar surface area (TPSA) is 29.9 Å². The second-order valence-corrected chi connectivity index (χ2v) is 3.80. The predicted octanol–water partition coefficient (Wildman–Crippen LogP) is 2.05. The van der Waals surface area contributed by atoms with Crippen LogP contribution in [0.5, 0.6) is 0 Å². The van der Waals surface area contributed by atoms with E-state index in [4.69, 9.17) is 0 Å². The molecular formula is C13H21N3. The summed E-state index contributed by atoms with van der Waals surface area (Å²) in [4.78, 5) is 0. The van der Waals surface area contributed by atoms with Gasteiger partial charge in [0.15, 0.2) is 0 Å². The van der Waals surface area contributed by atoms with E-state index in [0.29, 0.717) is 6.04 Å². The Morgan fingerprint density at radius 2 is 2.25 bits per heavy atom.